The molecule has 0 radical (unpaired) electrons. The molecular formula is C23H15ClS. The van der Waals surface area contributed by atoms with Gasteiger partial charge in [0.25, 0.3) is 0 Å². The molecule has 0 bridgehead atoms. The SMILES string of the molecule is Clc1ccc(-c2cccc3c2CC(c2cc4ccccc4s2)=C3)cc1. The Bertz CT molecular complexity index is 1080. The zero-order valence-electron chi connectivity index (χ0n) is 13.5. The van der Waals surface area contributed by atoms with Crippen LogP contribution in [0, 0.1) is 0 Å². The van der Waals surface area contributed by atoms with Crippen LogP contribution in [0.25, 0.3) is 32.9 Å². The van der Waals surface area contributed by atoms with Gasteiger partial charge in [-0.05, 0) is 63.6 Å². The van der Waals surface area contributed by atoms with Crippen LogP contribution >= 0.6 is 22.9 Å². The van der Waals surface area contributed by atoms with Gasteiger partial charge in [0.05, 0.1) is 0 Å². The fraction of sp³-hybridized carbons (Fsp3) is 0.0435. The van der Waals surface area contributed by atoms with Gasteiger partial charge in [-0.1, -0.05) is 60.1 Å². The zero-order valence-corrected chi connectivity index (χ0v) is 15.1. The average Bonchev–Trinajstić information content (AvgIpc) is 3.26. The Labute approximate surface area is 156 Å². The van der Waals surface area contributed by atoms with Crippen LogP contribution < -0.4 is 0 Å². The number of halogens is 1. The minimum Gasteiger partial charge on any atom is -0.136 e. The van der Waals surface area contributed by atoms with Crippen molar-refractivity contribution in [3.8, 4) is 11.1 Å². The van der Waals surface area contributed by atoms with Crippen molar-refractivity contribution in [1.29, 1.82) is 0 Å². The van der Waals surface area contributed by atoms with Gasteiger partial charge < -0.3 is 0 Å². The standard InChI is InChI=1S/C23H15ClS/c24-19-10-8-15(9-11-19)20-6-3-5-16-12-18(13-21(16)20)23-14-17-4-1-2-7-22(17)25-23/h1-12,14H,13H2. The first kappa shape index (κ1) is 14.9. The highest BCUT2D eigenvalue weighted by Crippen LogP contribution is 2.41. The van der Waals surface area contributed by atoms with Crippen molar-refractivity contribution in [2.45, 2.75) is 6.42 Å². The van der Waals surface area contributed by atoms with Gasteiger partial charge in [-0.3, -0.25) is 0 Å². The molecule has 1 aromatic heterocycles. The molecule has 1 heterocycles. The highest BCUT2D eigenvalue weighted by molar-refractivity contribution is 7.20. The van der Waals surface area contributed by atoms with Crippen LogP contribution in [0.4, 0.5) is 0 Å². The number of benzene rings is 3. The lowest BCUT2D eigenvalue weighted by Crippen LogP contribution is -1.89. The van der Waals surface area contributed by atoms with E-state index in [1.54, 1.807) is 0 Å². The summed E-state index contributed by atoms with van der Waals surface area (Å²) in [6.45, 7) is 0. The third-order valence-corrected chi connectivity index (χ3v) is 6.25. The van der Waals surface area contributed by atoms with E-state index in [4.69, 9.17) is 11.6 Å². The summed E-state index contributed by atoms with van der Waals surface area (Å²) >= 11 is 7.93. The monoisotopic (exact) mass is 358 g/mol. The number of hydrogen-bond acceptors (Lipinski definition) is 1. The molecule has 0 unspecified atom stereocenters. The van der Waals surface area contributed by atoms with E-state index in [9.17, 15) is 0 Å². The Morgan fingerprint density at radius 1 is 0.840 bits per heavy atom. The van der Waals surface area contributed by atoms with Crippen LogP contribution in [0.1, 0.15) is 16.0 Å². The van der Waals surface area contributed by atoms with E-state index in [0.29, 0.717) is 0 Å². The van der Waals surface area contributed by atoms with Crippen molar-refractivity contribution < 1.29 is 0 Å². The molecule has 0 aliphatic heterocycles. The molecule has 25 heavy (non-hydrogen) atoms. The molecular weight excluding hydrogens is 344 g/mol. The van der Waals surface area contributed by atoms with Crippen molar-refractivity contribution >= 4 is 44.7 Å². The Kier molecular flexibility index (Phi) is 3.51. The quantitative estimate of drug-likeness (QED) is 0.352. The lowest BCUT2D eigenvalue weighted by molar-refractivity contribution is 1.33. The summed E-state index contributed by atoms with van der Waals surface area (Å²) in [6, 6.07) is 25.6. The van der Waals surface area contributed by atoms with E-state index in [0.717, 1.165) is 11.4 Å². The minimum atomic E-state index is 0.778. The molecule has 0 atom stereocenters. The van der Waals surface area contributed by atoms with Crippen LogP contribution in [-0.4, -0.2) is 0 Å². The van der Waals surface area contributed by atoms with Gasteiger partial charge in [0, 0.05) is 21.0 Å². The Hall–Kier alpha value is -2.35. The van der Waals surface area contributed by atoms with E-state index >= 15 is 0 Å². The molecule has 0 fully saturated rings. The molecule has 5 rings (SSSR count). The van der Waals surface area contributed by atoms with Gasteiger partial charge in [-0.2, -0.15) is 0 Å². The molecule has 1 aliphatic rings. The molecule has 1 aliphatic carbocycles. The Morgan fingerprint density at radius 2 is 1.68 bits per heavy atom. The van der Waals surface area contributed by atoms with E-state index in [1.807, 2.05) is 23.5 Å². The Balaban J connectivity index is 1.56. The lowest BCUT2D eigenvalue weighted by Gasteiger charge is -2.09. The van der Waals surface area contributed by atoms with Crippen molar-refractivity contribution in [3.63, 3.8) is 0 Å². The maximum absolute atomic E-state index is 6.05. The van der Waals surface area contributed by atoms with Gasteiger partial charge in [-0.15, -0.1) is 11.3 Å². The third-order valence-electron chi connectivity index (χ3n) is 4.81. The second kappa shape index (κ2) is 5.87. The van der Waals surface area contributed by atoms with Gasteiger partial charge in [0.15, 0.2) is 0 Å². The van der Waals surface area contributed by atoms with E-state index in [-0.39, 0.29) is 0 Å². The van der Waals surface area contributed by atoms with Gasteiger partial charge >= 0.3 is 0 Å². The highest BCUT2D eigenvalue weighted by Gasteiger charge is 2.19. The van der Waals surface area contributed by atoms with E-state index < -0.39 is 0 Å². The summed E-state index contributed by atoms with van der Waals surface area (Å²) in [5.74, 6) is 0. The van der Waals surface area contributed by atoms with Gasteiger partial charge in [-0.25, -0.2) is 0 Å². The van der Waals surface area contributed by atoms with Crippen molar-refractivity contribution in [3.05, 3.63) is 93.8 Å². The molecule has 0 nitrogen and oxygen atoms in total. The smallest absolute Gasteiger partial charge is 0.0406 e. The second-order valence-corrected chi connectivity index (χ2v) is 7.90. The van der Waals surface area contributed by atoms with E-state index in [1.165, 1.54) is 42.8 Å². The highest BCUT2D eigenvalue weighted by atomic mass is 35.5. The molecule has 3 aromatic carbocycles. The maximum atomic E-state index is 6.05. The van der Waals surface area contributed by atoms with Gasteiger partial charge in [0.1, 0.15) is 0 Å². The third kappa shape index (κ3) is 2.60. The summed E-state index contributed by atoms with van der Waals surface area (Å²) < 4.78 is 1.35. The molecule has 4 aromatic rings. The first-order chi connectivity index (χ1) is 12.3. The fourth-order valence-electron chi connectivity index (χ4n) is 3.56. The summed E-state index contributed by atoms with van der Waals surface area (Å²) in [5.41, 5.74) is 6.70. The average molecular weight is 359 g/mol. The predicted octanol–water partition coefficient (Wildman–Crippen LogP) is 7.32. The number of allylic oxidation sites excluding steroid dienone is 1. The molecule has 2 heteroatoms. The molecule has 0 saturated carbocycles. The van der Waals surface area contributed by atoms with Crippen LogP contribution in [0.2, 0.25) is 5.02 Å². The maximum Gasteiger partial charge on any atom is 0.0406 e. The van der Waals surface area contributed by atoms with Crippen molar-refractivity contribution in [2.24, 2.45) is 0 Å². The number of hydrogen-bond donors (Lipinski definition) is 0. The van der Waals surface area contributed by atoms with E-state index in [2.05, 4.69) is 66.7 Å². The molecule has 0 saturated heterocycles. The summed E-state index contributed by atoms with van der Waals surface area (Å²) in [4.78, 5) is 1.37. The molecule has 0 spiro atoms. The lowest BCUT2D eigenvalue weighted by atomic mass is 9.96. The summed E-state index contributed by atoms with van der Waals surface area (Å²) in [5, 5.41) is 2.11. The molecule has 120 valence electrons. The minimum absolute atomic E-state index is 0.778. The normalized spacial score (nSPS) is 13.1. The van der Waals surface area contributed by atoms with Crippen LogP contribution in [0.15, 0.2) is 72.8 Å². The number of rotatable bonds is 2. The van der Waals surface area contributed by atoms with Crippen LogP contribution in [-0.2, 0) is 6.42 Å². The molecule has 0 amide bonds. The zero-order chi connectivity index (χ0) is 16.8. The summed E-state index contributed by atoms with van der Waals surface area (Å²) in [6.07, 6.45) is 3.33. The largest absolute Gasteiger partial charge is 0.136 e. The molecule has 0 N–H and O–H groups in total. The van der Waals surface area contributed by atoms with Gasteiger partial charge in [0.2, 0.25) is 0 Å². The topological polar surface area (TPSA) is 0 Å². The van der Waals surface area contributed by atoms with Crippen LogP contribution in [0.5, 0.6) is 0 Å². The summed E-state index contributed by atoms with van der Waals surface area (Å²) in [7, 11) is 0. The number of thiophene rings is 1. The first-order valence-electron chi connectivity index (χ1n) is 8.35. The first-order valence-corrected chi connectivity index (χ1v) is 9.55. The van der Waals surface area contributed by atoms with Crippen molar-refractivity contribution in [2.75, 3.05) is 0 Å². The Morgan fingerprint density at radius 3 is 2.52 bits per heavy atom. The van der Waals surface area contributed by atoms with Crippen molar-refractivity contribution in [1.82, 2.24) is 0 Å². The van der Waals surface area contributed by atoms with Crippen LogP contribution in [0.3, 0.4) is 0 Å². The second-order valence-electron chi connectivity index (χ2n) is 6.38. The predicted molar refractivity (Wildman–Crippen MR) is 110 cm³/mol. The fourth-order valence-corrected chi connectivity index (χ4v) is 4.77. The number of fused-ring (bicyclic) bond motifs is 2.